The van der Waals surface area contributed by atoms with E-state index in [0.29, 0.717) is 18.3 Å². The molecule has 1 fully saturated rings. The van der Waals surface area contributed by atoms with Crippen molar-refractivity contribution in [2.75, 3.05) is 0 Å². The average Bonchev–Trinajstić information content (AvgIpc) is 3.30. The Morgan fingerprint density at radius 3 is 2.75 bits per heavy atom. The molecule has 1 saturated carbocycles. The highest BCUT2D eigenvalue weighted by Crippen LogP contribution is 2.37. The summed E-state index contributed by atoms with van der Waals surface area (Å²) in [6.07, 6.45) is 2.05. The summed E-state index contributed by atoms with van der Waals surface area (Å²) in [5.74, 6) is 0.619. The number of aromatic nitrogens is 2. The van der Waals surface area contributed by atoms with Crippen molar-refractivity contribution in [1.82, 2.24) is 15.3 Å². The Balaban J connectivity index is 1.72. The molecule has 1 aromatic heterocycles. The van der Waals surface area contributed by atoms with Crippen molar-refractivity contribution in [3.63, 3.8) is 0 Å². The molecule has 0 aliphatic heterocycles. The van der Waals surface area contributed by atoms with Crippen LogP contribution < -0.4 is 10.9 Å². The number of hydrogen-bond acceptors (Lipinski definition) is 3. The van der Waals surface area contributed by atoms with Crippen molar-refractivity contribution >= 4 is 5.91 Å². The van der Waals surface area contributed by atoms with Crippen LogP contribution in [0.5, 0.6) is 0 Å². The van der Waals surface area contributed by atoms with E-state index in [9.17, 15) is 9.59 Å². The van der Waals surface area contributed by atoms with Crippen LogP contribution in [0.4, 0.5) is 0 Å². The van der Waals surface area contributed by atoms with Crippen LogP contribution >= 0.6 is 0 Å². The fraction of sp³-hybridized carbons (Fsp3) is 0.267. The molecule has 0 saturated heterocycles. The van der Waals surface area contributed by atoms with Gasteiger partial charge in [-0.3, -0.25) is 9.59 Å². The molecule has 1 amide bonds. The number of nitrogens with one attached hydrogen (secondary N) is 2. The highest BCUT2D eigenvalue weighted by molar-refractivity contribution is 5.92. The highest BCUT2D eigenvalue weighted by atomic mass is 16.2. The van der Waals surface area contributed by atoms with Crippen LogP contribution in [0.15, 0.2) is 41.2 Å². The number of hydrogen-bond donors (Lipinski definition) is 2. The summed E-state index contributed by atoms with van der Waals surface area (Å²) in [4.78, 5) is 30.5. The zero-order valence-electron chi connectivity index (χ0n) is 10.9. The highest BCUT2D eigenvalue weighted by Gasteiger charge is 2.27. The van der Waals surface area contributed by atoms with Crippen molar-refractivity contribution < 1.29 is 4.79 Å². The Kier molecular flexibility index (Phi) is 3.33. The number of benzene rings is 1. The molecule has 0 bridgehead atoms. The fourth-order valence-corrected chi connectivity index (χ4v) is 2.01. The molecule has 2 aromatic rings. The monoisotopic (exact) mass is 269 g/mol. The molecule has 1 aliphatic rings. The number of carbonyl (C=O) groups excluding carboxylic acids is 1. The molecule has 20 heavy (non-hydrogen) atoms. The van der Waals surface area contributed by atoms with Gasteiger partial charge in [0.25, 0.3) is 11.5 Å². The zero-order chi connectivity index (χ0) is 13.9. The topological polar surface area (TPSA) is 74.8 Å². The van der Waals surface area contributed by atoms with Crippen LogP contribution in [0.3, 0.4) is 0 Å². The van der Waals surface area contributed by atoms with Crippen LogP contribution in [-0.4, -0.2) is 15.9 Å². The first-order valence-electron chi connectivity index (χ1n) is 6.66. The van der Waals surface area contributed by atoms with Crippen molar-refractivity contribution in [3.8, 4) is 0 Å². The minimum absolute atomic E-state index is 0.187. The number of H-pyrrole nitrogens is 1. The lowest BCUT2D eigenvalue weighted by molar-refractivity contribution is 0.0945. The maximum atomic E-state index is 12.0. The maximum absolute atomic E-state index is 12.0. The summed E-state index contributed by atoms with van der Waals surface area (Å²) in [6.45, 7) is 0.424. The van der Waals surface area contributed by atoms with E-state index in [2.05, 4.69) is 15.3 Å². The van der Waals surface area contributed by atoms with E-state index in [1.807, 2.05) is 30.3 Å². The second kappa shape index (κ2) is 5.28. The van der Waals surface area contributed by atoms with Crippen molar-refractivity contribution in [2.45, 2.75) is 25.3 Å². The molecule has 102 valence electrons. The normalized spacial score (nSPS) is 14.0. The van der Waals surface area contributed by atoms with Gasteiger partial charge in [0.2, 0.25) is 0 Å². The van der Waals surface area contributed by atoms with Gasteiger partial charge in [0, 0.05) is 18.5 Å². The maximum Gasteiger partial charge on any atom is 0.270 e. The van der Waals surface area contributed by atoms with Gasteiger partial charge in [-0.2, -0.15) is 0 Å². The minimum Gasteiger partial charge on any atom is -0.347 e. The largest absolute Gasteiger partial charge is 0.347 e. The van der Waals surface area contributed by atoms with Crippen LogP contribution in [-0.2, 0) is 6.54 Å². The molecule has 3 rings (SSSR count). The van der Waals surface area contributed by atoms with E-state index in [-0.39, 0.29) is 17.2 Å². The molecule has 2 N–H and O–H groups in total. The standard InChI is InChI=1S/C15H15N3O2/c19-13-8-12(17-14(18-13)11-6-7-11)15(20)16-9-10-4-2-1-3-5-10/h1-5,8,11H,6-7,9H2,(H,16,20)(H,17,18,19). The molecule has 0 radical (unpaired) electrons. The van der Waals surface area contributed by atoms with Gasteiger partial charge >= 0.3 is 0 Å². The van der Waals surface area contributed by atoms with E-state index >= 15 is 0 Å². The lowest BCUT2D eigenvalue weighted by atomic mass is 10.2. The van der Waals surface area contributed by atoms with Gasteiger partial charge in [0.1, 0.15) is 11.5 Å². The summed E-state index contributed by atoms with van der Waals surface area (Å²) in [5, 5.41) is 2.77. The lowest BCUT2D eigenvalue weighted by Gasteiger charge is -2.05. The Labute approximate surface area is 116 Å². The fourth-order valence-electron chi connectivity index (χ4n) is 2.01. The zero-order valence-corrected chi connectivity index (χ0v) is 10.9. The van der Waals surface area contributed by atoms with E-state index in [0.717, 1.165) is 18.4 Å². The molecule has 0 spiro atoms. The van der Waals surface area contributed by atoms with E-state index < -0.39 is 0 Å². The molecule has 0 unspecified atom stereocenters. The third-order valence-corrected chi connectivity index (χ3v) is 3.25. The predicted octanol–water partition coefficient (Wildman–Crippen LogP) is 1.58. The van der Waals surface area contributed by atoms with E-state index in [4.69, 9.17) is 0 Å². The van der Waals surface area contributed by atoms with Gasteiger partial charge in [-0.1, -0.05) is 30.3 Å². The predicted molar refractivity (Wildman–Crippen MR) is 74.4 cm³/mol. The van der Waals surface area contributed by atoms with E-state index in [1.54, 1.807) is 0 Å². The van der Waals surface area contributed by atoms with Crippen LogP contribution in [0, 0.1) is 0 Å². The average molecular weight is 269 g/mol. The third-order valence-electron chi connectivity index (χ3n) is 3.25. The SMILES string of the molecule is O=C(NCc1ccccc1)c1cc(=O)[nH]c(C2CC2)n1. The van der Waals surface area contributed by atoms with Gasteiger partial charge in [-0.25, -0.2) is 4.98 Å². The van der Waals surface area contributed by atoms with Gasteiger partial charge in [-0.05, 0) is 18.4 Å². The number of aromatic amines is 1. The molecule has 1 heterocycles. The van der Waals surface area contributed by atoms with E-state index in [1.165, 1.54) is 6.07 Å². The van der Waals surface area contributed by atoms with Gasteiger partial charge in [0.15, 0.2) is 0 Å². The molecular weight excluding hydrogens is 254 g/mol. The Morgan fingerprint density at radius 2 is 2.05 bits per heavy atom. The van der Waals surface area contributed by atoms with Crippen molar-refractivity contribution in [2.24, 2.45) is 0 Å². The number of rotatable bonds is 4. The smallest absolute Gasteiger partial charge is 0.270 e. The number of amides is 1. The molecular formula is C15H15N3O2. The molecule has 5 nitrogen and oxygen atoms in total. The summed E-state index contributed by atoms with van der Waals surface area (Å²) in [5.41, 5.74) is 0.923. The number of nitrogens with zero attached hydrogens (tertiary/aromatic N) is 1. The summed E-state index contributed by atoms with van der Waals surface area (Å²) in [7, 11) is 0. The van der Waals surface area contributed by atoms with Crippen LogP contribution in [0.1, 0.15) is 40.6 Å². The van der Waals surface area contributed by atoms with Crippen molar-refractivity contribution in [1.29, 1.82) is 0 Å². The Morgan fingerprint density at radius 1 is 1.30 bits per heavy atom. The molecule has 0 atom stereocenters. The first kappa shape index (κ1) is 12.6. The lowest BCUT2D eigenvalue weighted by Crippen LogP contribution is -2.26. The number of carbonyl (C=O) groups is 1. The first-order valence-corrected chi connectivity index (χ1v) is 6.66. The van der Waals surface area contributed by atoms with Crippen LogP contribution in [0.2, 0.25) is 0 Å². The van der Waals surface area contributed by atoms with Crippen LogP contribution in [0.25, 0.3) is 0 Å². The Hall–Kier alpha value is -2.43. The summed E-state index contributed by atoms with van der Waals surface area (Å²) < 4.78 is 0. The third kappa shape index (κ3) is 2.93. The summed E-state index contributed by atoms with van der Waals surface area (Å²) >= 11 is 0. The first-order chi connectivity index (χ1) is 9.72. The van der Waals surface area contributed by atoms with Crippen molar-refractivity contribution in [3.05, 3.63) is 63.8 Å². The molecule has 5 heteroatoms. The second-order valence-electron chi connectivity index (χ2n) is 4.96. The van der Waals surface area contributed by atoms with Gasteiger partial charge < -0.3 is 10.3 Å². The Bertz CT molecular complexity index is 675. The molecule has 1 aliphatic carbocycles. The summed E-state index contributed by atoms with van der Waals surface area (Å²) in [6, 6.07) is 10.9. The minimum atomic E-state index is -0.318. The van der Waals surface area contributed by atoms with Gasteiger partial charge in [0.05, 0.1) is 0 Å². The quantitative estimate of drug-likeness (QED) is 0.884. The molecule has 1 aromatic carbocycles. The van der Waals surface area contributed by atoms with Gasteiger partial charge in [-0.15, -0.1) is 0 Å². The second-order valence-corrected chi connectivity index (χ2v) is 4.96.